The van der Waals surface area contributed by atoms with Crippen LogP contribution in [0.3, 0.4) is 0 Å². The summed E-state index contributed by atoms with van der Waals surface area (Å²) >= 11 is 6.22. The second-order valence-electron chi connectivity index (χ2n) is 14.2. The van der Waals surface area contributed by atoms with Crippen molar-refractivity contribution in [2.75, 3.05) is 13.6 Å². The van der Waals surface area contributed by atoms with Gasteiger partial charge in [-0.3, -0.25) is 24.0 Å². The normalized spacial score (nSPS) is 26.8. The molecule has 0 bridgehead atoms. The SMILES string of the molecule is CC[C@@H]1C[C@H]1C(=O)N[C@H](C(=O)N1C[C@@]2(CC(c3cccc(Cl)c3)=NO2)C[C@H]1C(=O)N[C@@H](CC1CC1)C(=O)C(=O)NC)C(C)(C)C. The molecular weight excluding hydrogens is 598 g/mol. The van der Waals surface area contributed by atoms with Crippen molar-refractivity contribution in [2.24, 2.45) is 28.3 Å². The number of halogens is 1. The van der Waals surface area contributed by atoms with Crippen molar-refractivity contribution in [3.8, 4) is 0 Å². The van der Waals surface area contributed by atoms with Crippen molar-refractivity contribution < 1.29 is 28.8 Å². The average Bonchev–Trinajstić information content (AvgIpc) is 3.92. The third-order valence-corrected chi connectivity index (χ3v) is 9.75. The molecule has 244 valence electrons. The molecule has 2 saturated carbocycles. The lowest BCUT2D eigenvalue weighted by Gasteiger charge is -2.35. The van der Waals surface area contributed by atoms with Gasteiger partial charge in [0.15, 0.2) is 5.60 Å². The minimum Gasteiger partial charge on any atom is -0.387 e. The molecule has 2 aliphatic heterocycles. The molecule has 1 aromatic carbocycles. The molecule has 2 heterocycles. The topological polar surface area (TPSA) is 146 Å². The van der Waals surface area contributed by atoms with Crippen LogP contribution in [0.4, 0.5) is 0 Å². The first-order valence-corrected chi connectivity index (χ1v) is 16.3. The number of likely N-dealkylation sites (N-methyl/N-ethyl adjacent to an activating group) is 1. The molecular formula is C33H44ClN5O6. The third-order valence-electron chi connectivity index (χ3n) is 9.52. The third kappa shape index (κ3) is 7.34. The Kier molecular flexibility index (Phi) is 9.31. The van der Waals surface area contributed by atoms with Crippen molar-refractivity contribution in [3.05, 3.63) is 34.9 Å². The van der Waals surface area contributed by atoms with Gasteiger partial charge in [0.05, 0.1) is 18.3 Å². The van der Waals surface area contributed by atoms with Gasteiger partial charge in [0.25, 0.3) is 5.91 Å². The van der Waals surface area contributed by atoms with E-state index in [0.717, 1.165) is 31.2 Å². The number of nitrogens with one attached hydrogen (secondary N) is 3. The van der Waals surface area contributed by atoms with E-state index in [0.29, 0.717) is 29.5 Å². The Morgan fingerprint density at radius 2 is 1.87 bits per heavy atom. The maximum atomic E-state index is 14.4. The van der Waals surface area contributed by atoms with Crippen LogP contribution in [-0.2, 0) is 28.8 Å². The van der Waals surface area contributed by atoms with Crippen LogP contribution in [0.15, 0.2) is 29.4 Å². The highest BCUT2D eigenvalue weighted by molar-refractivity contribution is 6.38. The van der Waals surface area contributed by atoms with Gasteiger partial charge in [0, 0.05) is 36.4 Å². The Labute approximate surface area is 269 Å². The smallest absolute Gasteiger partial charge is 0.289 e. The molecule has 1 spiro atoms. The van der Waals surface area contributed by atoms with E-state index in [4.69, 9.17) is 16.4 Å². The van der Waals surface area contributed by atoms with E-state index in [2.05, 4.69) is 21.1 Å². The monoisotopic (exact) mass is 641 g/mol. The van der Waals surface area contributed by atoms with Crippen molar-refractivity contribution in [1.82, 2.24) is 20.9 Å². The average molecular weight is 642 g/mol. The molecule has 12 heteroatoms. The molecule has 11 nitrogen and oxygen atoms in total. The number of rotatable bonds is 11. The number of benzene rings is 1. The van der Waals surface area contributed by atoms with E-state index in [1.807, 2.05) is 39.8 Å². The summed E-state index contributed by atoms with van der Waals surface area (Å²) in [5.41, 5.74) is -0.238. The van der Waals surface area contributed by atoms with Crippen LogP contribution in [0.2, 0.25) is 5.02 Å². The lowest BCUT2D eigenvalue weighted by Crippen LogP contribution is -2.59. The molecule has 3 fully saturated rings. The van der Waals surface area contributed by atoms with Crippen LogP contribution in [0.1, 0.15) is 78.2 Å². The number of hydrogen-bond acceptors (Lipinski definition) is 7. The van der Waals surface area contributed by atoms with Crippen molar-refractivity contribution in [3.63, 3.8) is 0 Å². The van der Waals surface area contributed by atoms with Gasteiger partial charge in [0.2, 0.25) is 23.5 Å². The molecule has 0 aromatic heterocycles. The predicted molar refractivity (Wildman–Crippen MR) is 168 cm³/mol. The lowest BCUT2D eigenvalue weighted by atomic mass is 9.85. The zero-order valence-electron chi connectivity index (χ0n) is 26.7. The highest BCUT2D eigenvalue weighted by Crippen LogP contribution is 2.43. The van der Waals surface area contributed by atoms with Gasteiger partial charge in [0.1, 0.15) is 12.1 Å². The van der Waals surface area contributed by atoms with Crippen LogP contribution in [0, 0.1) is 23.2 Å². The van der Waals surface area contributed by atoms with Gasteiger partial charge in [-0.25, -0.2) is 0 Å². The number of hydrogen-bond donors (Lipinski definition) is 3. The summed E-state index contributed by atoms with van der Waals surface area (Å²) < 4.78 is 0. The van der Waals surface area contributed by atoms with Crippen LogP contribution >= 0.6 is 11.6 Å². The first-order valence-electron chi connectivity index (χ1n) is 15.9. The van der Waals surface area contributed by atoms with Crippen LogP contribution in [0.25, 0.3) is 0 Å². The van der Waals surface area contributed by atoms with Gasteiger partial charge in [-0.15, -0.1) is 0 Å². The van der Waals surface area contributed by atoms with Gasteiger partial charge >= 0.3 is 0 Å². The molecule has 1 saturated heterocycles. The summed E-state index contributed by atoms with van der Waals surface area (Å²) in [6.45, 7) is 7.73. The van der Waals surface area contributed by atoms with E-state index < -0.39 is 52.6 Å². The number of Topliss-reactive ketones (excluding diaryl/α,β-unsaturated/α-hetero) is 1. The van der Waals surface area contributed by atoms with E-state index >= 15 is 0 Å². The zero-order chi connectivity index (χ0) is 32.7. The van der Waals surface area contributed by atoms with Crippen molar-refractivity contribution >= 4 is 46.7 Å². The van der Waals surface area contributed by atoms with Gasteiger partial charge in [-0.1, -0.05) is 75.8 Å². The highest BCUT2D eigenvalue weighted by atomic mass is 35.5. The molecule has 0 unspecified atom stereocenters. The quantitative estimate of drug-likeness (QED) is 0.317. The van der Waals surface area contributed by atoms with Gasteiger partial charge in [-0.2, -0.15) is 0 Å². The fourth-order valence-electron chi connectivity index (χ4n) is 6.50. The van der Waals surface area contributed by atoms with E-state index in [1.165, 1.54) is 11.9 Å². The standard InChI is InChI=1S/C33H44ClN5O6/c1-6-19-14-22(19)28(41)37-27(32(2,3)4)31(44)39-17-33(15-24(38-45-33)20-8-7-9-21(34)13-20)16-25(39)29(42)36-23(12-18-10-11-18)26(40)30(43)35-5/h7-9,13,18-19,22-23,25,27H,6,10-12,14-17H2,1-5H3,(H,35,43)(H,36,42)(H,37,41)/t19-,22-,23+,25+,27-,33-/m1/s1. The summed E-state index contributed by atoms with van der Waals surface area (Å²) in [7, 11) is 1.37. The first-order chi connectivity index (χ1) is 21.2. The number of likely N-dealkylation sites (tertiary alicyclic amines) is 1. The Balaban J connectivity index is 1.41. The molecule has 1 aromatic rings. The van der Waals surface area contributed by atoms with E-state index in [1.54, 1.807) is 12.1 Å². The Morgan fingerprint density at radius 1 is 1.13 bits per heavy atom. The van der Waals surface area contributed by atoms with E-state index in [-0.39, 0.29) is 30.7 Å². The second kappa shape index (κ2) is 12.7. The van der Waals surface area contributed by atoms with Gasteiger partial charge in [-0.05, 0) is 42.2 Å². The molecule has 4 amide bonds. The maximum Gasteiger partial charge on any atom is 0.289 e. The van der Waals surface area contributed by atoms with Crippen molar-refractivity contribution in [1.29, 1.82) is 0 Å². The minimum absolute atomic E-state index is 0.0532. The molecule has 4 aliphatic rings. The maximum absolute atomic E-state index is 14.4. The lowest BCUT2D eigenvalue weighted by molar-refractivity contribution is -0.145. The largest absolute Gasteiger partial charge is 0.387 e. The Bertz CT molecular complexity index is 1400. The fourth-order valence-corrected chi connectivity index (χ4v) is 6.69. The predicted octanol–water partition coefficient (Wildman–Crippen LogP) is 2.98. The molecule has 3 N–H and O–H groups in total. The van der Waals surface area contributed by atoms with Crippen molar-refractivity contribution in [2.45, 2.75) is 96.4 Å². The number of amides is 4. The Hall–Kier alpha value is -3.47. The number of carbonyl (C=O) groups is 5. The molecule has 6 atom stereocenters. The highest BCUT2D eigenvalue weighted by Gasteiger charge is 2.56. The Morgan fingerprint density at radius 3 is 2.47 bits per heavy atom. The number of nitrogens with zero attached hydrogens (tertiary/aromatic N) is 2. The summed E-state index contributed by atoms with van der Waals surface area (Å²) in [6.07, 6.45) is 4.34. The summed E-state index contributed by atoms with van der Waals surface area (Å²) in [4.78, 5) is 74.4. The zero-order valence-corrected chi connectivity index (χ0v) is 27.4. The second-order valence-corrected chi connectivity index (χ2v) is 14.6. The minimum atomic E-state index is -1.02. The van der Waals surface area contributed by atoms with Crippen LogP contribution in [-0.4, -0.2) is 77.3 Å². The number of ketones is 1. The summed E-state index contributed by atoms with van der Waals surface area (Å²) in [5, 5.41) is 13.1. The molecule has 2 aliphatic carbocycles. The molecule has 5 rings (SSSR count). The fraction of sp³-hybridized carbons (Fsp3) is 0.636. The summed E-state index contributed by atoms with van der Waals surface area (Å²) in [6, 6.07) is 4.29. The summed E-state index contributed by atoms with van der Waals surface area (Å²) in [5.74, 6) is -2.18. The molecule has 0 radical (unpaired) electrons. The van der Waals surface area contributed by atoms with E-state index in [9.17, 15) is 24.0 Å². The molecule has 45 heavy (non-hydrogen) atoms. The van der Waals surface area contributed by atoms with Crippen LogP contribution < -0.4 is 16.0 Å². The number of carbonyl (C=O) groups excluding carboxylic acids is 5. The van der Waals surface area contributed by atoms with Crippen LogP contribution in [0.5, 0.6) is 0 Å². The van der Waals surface area contributed by atoms with Gasteiger partial charge < -0.3 is 25.7 Å². The first kappa shape index (κ1) is 32.9. The number of oxime groups is 1.